The van der Waals surface area contributed by atoms with E-state index in [2.05, 4.69) is 45.0 Å². The van der Waals surface area contributed by atoms with Gasteiger partial charge in [-0.2, -0.15) is 0 Å². The topological polar surface area (TPSA) is 28.2 Å². The Kier molecular flexibility index (Phi) is 3.26. The molecular formula is C11H16BrN3. The Hall–Kier alpha value is -0.610. The molecule has 0 amide bonds. The number of nitrogens with zero attached hydrogens (tertiary/aromatic N) is 2. The highest BCUT2D eigenvalue weighted by molar-refractivity contribution is 9.10. The van der Waals surface area contributed by atoms with Gasteiger partial charge in [0, 0.05) is 25.8 Å². The fraction of sp³-hybridized carbons (Fsp3) is 0.545. The molecule has 2 rings (SSSR count). The van der Waals surface area contributed by atoms with E-state index >= 15 is 0 Å². The number of hydrogen-bond acceptors (Lipinski definition) is 3. The van der Waals surface area contributed by atoms with Crippen molar-refractivity contribution < 1.29 is 0 Å². The minimum absolute atomic E-state index is 0.598. The first-order valence-electron chi connectivity index (χ1n) is 5.32. The molecule has 15 heavy (non-hydrogen) atoms. The monoisotopic (exact) mass is 269 g/mol. The summed E-state index contributed by atoms with van der Waals surface area (Å²) in [5.41, 5.74) is 1.24. The van der Waals surface area contributed by atoms with E-state index in [4.69, 9.17) is 0 Å². The van der Waals surface area contributed by atoms with Crippen LogP contribution >= 0.6 is 15.9 Å². The van der Waals surface area contributed by atoms with Crippen molar-refractivity contribution in [2.45, 2.75) is 19.9 Å². The summed E-state index contributed by atoms with van der Waals surface area (Å²) in [6.45, 7) is 7.41. The van der Waals surface area contributed by atoms with E-state index in [1.165, 1.54) is 5.56 Å². The minimum atomic E-state index is 0.598. The van der Waals surface area contributed by atoms with Crippen LogP contribution in [-0.2, 0) is 0 Å². The van der Waals surface area contributed by atoms with Gasteiger partial charge in [0.1, 0.15) is 5.82 Å². The van der Waals surface area contributed by atoms with E-state index in [1.807, 2.05) is 12.3 Å². The summed E-state index contributed by atoms with van der Waals surface area (Å²) in [6.07, 6.45) is 1.88. The van der Waals surface area contributed by atoms with E-state index in [-0.39, 0.29) is 0 Å². The zero-order valence-corrected chi connectivity index (χ0v) is 10.7. The molecule has 1 N–H and O–H groups in total. The average molecular weight is 270 g/mol. The minimum Gasteiger partial charge on any atom is -0.350 e. The molecule has 3 nitrogen and oxygen atoms in total. The van der Waals surface area contributed by atoms with E-state index in [0.717, 1.165) is 29.9 Å². The van der Waals surface area contributed by atoms with Crippen molar-refractivity contribution in [3.63, 3.8) is 0 Å². The first-order chi connectivity index (χ1) is 7.24. The van der Waals surface area contributed by atoms with Gasteiger partial charge in [-0.05, 0) is 41.4 Å². The lowest BCUT2D eigenvalue weighted by atomic mass is 10.1. The van der Waals surface area contributed by atoms with Crippen LogP contribution in [-0.4, -0.2) is 30.7 Å². The van der Waals surface area contributed by atoms with Crippen LogP contribution in [0.4, 0.5) is 5.82 Å². The van der Waals surface area contributed by atoms with Gasteiger partial charge in [-0.25, -0.2) is 4.98 Å². The highest BCUT2D eigenvalue weighted by Crippen LogP contribution is 2.28. The first kappa shape index (κ1) is 10.9. The molecule has 0 bridgehead atoms. The Balaban J connectivity index is 2.29. The lowest BCUT2D eigenvalue weighted by molar-refractivity contribution is 0.415. The fourth-order valence-electron chi connectivity index (χ4n) is 1.80. The van der Waals surface area contributed by atoms with Crippen LogP contribution < -0.4 is 10.2 Å². The maximum atomic E-state index is 4.46. The van der Waals surface area contributed by atoms with Crippen molar-refractivity contribution >= 4 is 21.7 Å². The van der Waals surface area contributed by atoms with Crippen molar-refractivity contribution in [3.05, 3.63) is 22.3 Å². The van der Waals surface area contributed by atoms with Gasteiger partial charge in [0.15, 0.2) is 0 Å². The Bertz CT molecular complexity index is 350. The number of rotatable bonds is 3. The number of halogens is 1. The molecule has 82 valence electrons. The van der Waals surface area contributed by atoms with E-state index in [1.54, 1.807) is 0 Å². The molecule has 2 heterocycles. The predicted octanol–water partition coefficient (Wildman–Crippen LogP) is 1.95. The Morgan fingerprint density at radius 2 is 2.33 bits per heavy atom. The van der Waals surface area contributed by atoms with Crippen LogP contribution in [0.1, 0.15) is 12.5 Å². The average Bonchev–Trinajstić information content (AvgIpc) is 2.16. The number of aromatic nitrogens is 1. The van der Waals surface area contributed by atoms with Crippen LogP contribution in [0.5, 0.6) is 0 Å². The van der Waals surface area contributed by atoms with Crippen molar-refractivity contribution in [2.24, 2.45) is 0 Å². The molecule has 0 aromatic carbocycles. The van der Waals surface area contributed by atoms with Gasteiger partial charge < -0.3 is 10.2 Å². The van der Waals surface area contributed by atoms with Crippen molar-refractivity contribution in [2.75, 3.05) is 24.5 Å². The maximum absolute atomic E-state index is 4.46. The molecule has 1 aromatic heterocycles. The lowest BCUT2D eigenvalue weighted by Gasteiger charge is -2.39. The molecule has 1 aliphatic rings. The third-order valence-corrected chi connectivity index (χ3v) is 3.86. The van der Waals surface area contributed by atoms with Crippen LogP contribution in [0.2, 0.25) is 0 Å². The molecule has 1 aromatic rings. The van der Waals surface area contributed by atoms with Gasteiger partial charge in [0.2, 0.25) is 0 Å². The highest BCUT2D eigenvalue weighted by Gasteiger charge is 2.25. The van der Waals surface area contributed by atoms with Crippen molar-refractivity contribution in [3.8, 4) is 0 Å². The summed E-state index contributed by atoms with van der Waals surface area (Å²) < 4.78 is 1.12. The molecule has 0 atom stereocenters. The first-order valence-corrected chi connectivity index (χ1v) is 6.11. The molecule has 1 saturated heterocycles. The van der Waals surface area contributed by atoms with Crippen molar-refractivity contribution in [1.29, 1.82) is 0 Å². The zero-order chi connectivity index (χ0) is 10.8. The summed E-state index contributed by atoms with van der Waals surface area (Å²) in [5.74, 6) is 1.07. The van der Waals surface area contributed by atoms with Crippen LogP contribution in [0.25, 0.3) is 0 Å². The summed E-state index contributed by atoms with van der Waals surface area (Å²) >= 11 is 3.62. The predicted molar refractivity (Wildman–Crippen MR) is 66.4 cm³/mol. The van der Waals surface area contributed by atoms with Crippen LogP contribution in [0, 0.1) is 6.92 Å². The van der Waals surface area contributed by atoms with Gasteiger partial charge in [0.05, 0.1) is 10.5 Å². The molecule has 1 aliphatic heterocycles. The van der Waals surface area contributed by atoms with Gasteiger partial charge >= 0.3 is 0 Å². The summed E-state index contributed by atoms with van der Waals surface area (Å²) in [6, 6.07) is 2.63. The molecule has 4 heteroatoms. The molecule has 0 spiro atoms. The summed E-state index contributed by atoms with van der Waals surface area (Å²) in [4.78, 5) is 6.82. The number of hydrogen-bond donors (Lipinski definition) is 1. The molecule has 0 radical (unpaired) electrons. The van der Waals surface area contributed by atoms with Gasteiger partial charge in [-0.1, -0.05) is 0 Å². The molecule has 0 saturated carbocycles. The van der Waals surface area contributed by atoms with Gasteiger partial charge in [-0.3, -0.25) is 0 Å². The number of pyridine rings is 1. The van der Waals surface area contributed by atoms with Crippen LogP contribution in [0.15, 0.2) is 16.7 Å². The molecule has 0 aliphatic carbocycles. The van der Waals surface area contributed by atoms with E-state index in [0.29, 0.717) is 6.04 Å². The second-order valence-corrected chi connectivity index (χ2v) is 4.66. The molecular weight excluding hydrogens is 254 g/mol. The smallest absolute Gasteiger partial charge is 0.143 e. The summed E-state index contributed by atoms with van der Waals surface area (Å²) in [5, 5.41) is 3.30. The van der Waals surface area contributed by atoms with E-state index in [9.17, 15) is 0 Å². The zero-order valence-electron chi connectivity index (χ0n) is 9.13. The Morgan fingerprint density at radius 3 is 2.87 bits per heavy atom. The SMILES string of the molecule is CCN(c1nccc(C)c1Br)C1CNC1. The third kappa shape index (κ3) is 2.01. The quantitative estimate of drug-likeness (QED) is 0.910. The van der Waals surface area contributed by atoms with Crippen molar-refractivity contribution in [1.82, 2.24) is 10.3 Å². The third-order valence-electron chi connectivity index (χ3n) is 2.88. The Morgan fingerprint density at radius 1 is 1.60 bits per heavy atom. The van der Waals surface area contributed by atoms with Gasteiger partial charge in [0.25, 0.3) is 0 Å². The number of nitrogens with one attached hydrogen (secondary N) is 1. The Labute approximate surface area is 99.0 Å². The molecule has 0 unspecified atom stereocenters. The normalized spacial score (nSPS) is 16.2. The number of anilines is 1. The lowest BCUT2D eigenvalue weighted by Crippen LogP contribution is -2.57. The second-order valence-electron chi connectivity index (χ2n) is 3.86. The number of likely N-dealkylation sites (N-methyl/N-ethyl adjacent to an activating group) is 1. The van der Waals surface area contributed by atoms with Gasteiger partial charge in [-0.15, -0.1) is 0 Å². The summed E-state index contributed by atoms with van der Waals surface area (Å²) in [7, 11) is 0. The second kappa shape index (κ2) is 4.49. The molecule has 1 fully saturated rings. The van der Waals surface area contributed by atoms with Crippen LogP contribution in [0.3, 0.4) is 0 Å². The maximum Gasteiger partial charge on any atom is 0.143 e. The fourth-order valence-corrected chi connectivity index (χ4v) is 2.26. The largest absolute Gasteiger partial charge is 0.350 e. The highest BCUT2D eigenvalue weighted by atomic mass is 79.9. The standard InChI is InChI=1S/C11H16BrN3/c1-3-15(9-6-13-7-9)11-10(12)8(2)4-5-14-11/h4-5,9,13H,3,6-7H2,1-2H3. The van der Waals surface area contributed by atoms with E-state index < -0.39 is 0 Å². The number of aryl methyl sites for hydroxylation is 1.